The molecule has 17 atom stereocenters. The number of hydrogen-bond donors (Lipinski definition) is 5. The molecule has 0 amide bonds. The summed E-state index contributed by atoms with van der Waals surface area (Å²) in [6.07, 6.45) is -6.37. The van der Waals surface area contributed by atoms with Crippen molar-refractivity contribution in [2.45, 2.75) is 147 Å². The number of Topliss-reactive ketones (excluding diaryl/α,β-unsaturated/α-hetero) is 1. The molecule has 16 heteroatoms. The number of aryl methyl sites for hydroxylation is 1. The van der Waals surface area contributed by atoms with Crippen LogP contribution in [0.3, 0.4) is 0 Å². The number of thiophene rings is 1. The van der Waals surface area contributed by atoms with Gasteiger partial charge in [-0.05, 0) is 116 Å². The maximum absolute atomic E-state index is 14.5. The van der Waals surface area contributed by atoms with Crippen LogP contribution in [0, 0.1) is 41.4 Å². The first-order valence-corrected chi connectivity index (χ1v) is 23.1. The number of carbonyl (C=O) groups excluding carboxylic acids is 3. The van der Waals surface area contributed by atoms with Crippen LogP contribution in [0.2, 0.25) is 0 Å². The van der Waals surface area contributed by atoms with Crippen LogP contribution in [-0.4, -0.2) is 131 Å². The van der Waals surface area contributed by atoms with E-state index in [1.165, 1.54) is 43.1 Å². The van der Waals surface area contributed by atoms with E-state index < -0.39 is 90.8 Å². The lowest BCUT2D eigenvalue weighted by Crippen LogP contribution is -2.64. The Kier molecular flexibility index (Phi) is 13.1. The zero-order valence-electron chi connectivity index (χ0n) is 36.7. The highest BCUT2D eigenvalue weighted by atomic mass is 32.1. The maximum atomic E-state index is 14.5. The molecule has 3 saturated carbocycles. The van der Waals surface area contributed by atoms with Crippen molar-refractivity contribution in [3.05, 3.63) is 63.4 Å². The molecule has 0 bridgehead atoms. The summed E-state index contributed by atoms with van der Waals surface area (Å²) in [6, 6.07) is 7.86. The van der Waals surface area contributed by atoms with Crippen molar-refractivity contribution < 1.29 is 73.1 Å². The molecule has 1 aromatic heterocycles. The van der Waals surface area contributed by atoms with Crippen molar-refractivity contribution in [3.63, 3.8) is 0 Å². The predicted octanol–water partition coefficient (Wildman–Crippen LogP) is 4.27. The van der Waals surface area contributed by atoms with E-state index in [2.05, 4.69) is 19.9 Å². The minimum Gasteiger partial charge on any atom is -0.497 e. The number of methoxy groups -OCH3 is 1. The minimum absolute atomic E-state index is 0.0915. The van der Waals surface area contributed by atoms with Crippen molar-refractivity contribution in [1.82, 2.24) is 0 Å². The fourth-order valence-corrected chi connectivity index (χ4v) is 13.1. The number of aliphatic hydroxyl groups is 5. The van der Waals surface area contributed by atoms with Crippen molar-refractivity contribution in [2.75, 3.05) is 20.3 Å². The van der Waals surface area contributed by atoms with E-state index in [-0.39, 0.29) is 41.3 Å². The molecule has 5 N–H and O–H groups in total. The van der Waals surface area contributed by atoms with Gasteiger partial charge in [0.15, 0.2) is 30.6 Å². The van der Waals surface area contributed by atoms with E-state index in [9.17, 15) is 39.9 Å². The second-order valence-electron chi connectivity index (χ2n) is 19.2. The number of hydrogen-bond acceptors (Lipinski definition) is 16. The molecule has 2 aliphatic heterocycles. The van der Waals surface area contributed by atoms with Crippen LogP contribution in [0.5, 0.6) is 5.75 Å². The number of carbonyl (C=O) groups is 3. The molecule has 6 aliphatic rings. The second-order valence-corrected chi connectivity index (χ2v) is 20.1. The minimum atomic E-state index is -1.74. The number of ether oxygens (including phenoxy) is 7. The zero-order chi connectivity index (χ0) is 45.2. The summed E-state index contributed by atoms with van der Waals surface area (Å²) in [6.45, 7) is 8.44. The lowest BCUT2D eigenvalue weighted by molar-refractivity contribution is -0.345. The van der Waals surface area contributed by atoms with Crippen molar-refractivity contribution in [3.8, 4) is 5.75 Å². The Morgan fingerprint density at radius 2 is 1.59 bits per heavy atom. The molecule has 346 valence electrons. The molecule has 63 heavy (non-hydrogen) atoms. The molecule has 8 rings (SSSR count). The van der Waals surface area contributed by atoms with Crippen molar-refractivity contribution in [1.29, 1.82) is 0 Å². The summed E-state index contributed by atoms with van der Waals surface area (Å²) in [4.78, 5) is 41.2. The Labute approximate surface area is 371 Å². The molecule has 5 fully saturated rings. The van der Waals surface area contributed by atoms with Gasteiger partial charge >= 0.3 is 11.9 Å². The van der Waals surface area contributed by atoms with Crippen LogP contribution < -0.4 is 4.74 Å². The van der Waals surface area contributed by atoms with E-state index in [1.54, 1.807) is 19.1 Å². The molecular weight excluding hydrogens is 837 g/mol. The first-order valence-electron chi connectivity index (χ1n) is 22.2. The number of esters is 2. The van der Waals surface area contributed by atoms with Crippen molar-refractivity contribution >= 4 is 29.1 Å². The summed E-state index contributed by atoms with van der Waals surface area (Å²) in [7, 11) is 1.48. The summed E-state index contributed by atoms with van der Waals surface area (Å²) < 4.78 is 41.7. The van der Waals surface area contributed by atoms with Gasteiger partial charge in [0, 0.05) is 12.3 Å². The zero-order valence-corrected chi connectivity index (χ0v) is 37.5. The molecular formula is C47H62O15S. The smallest absolute Gasteiger partial charge is 0.338 e. The van der Waals surface area contributed by atoms with Crippen LogP contribution in [-0.2, 0) is 33.2 Å². The Balaban J connectivity index is 1.10. The van der Waals surface area contributed by atoms with Gasteiger partial charge in [0.2, 0.25) is 0 Å². The van der Waals surface area contributed by atoms with E-state index in [4.69, 9.17) is 33.2 Å². The van der Waals surface area contributed by atoms with Gasteiger partial charge in [0.05, 0.1) is 48.9 Å². The van der Waals surface area contributed by atoms with Gasteiger partial charge in [-0.15, -0.1) is 11.3 Å². The summed E-state index contributed by atoms with van der Waals surface area (Å²) >= 11 is 1.33. The van der Waals surface area contributed by atoms with Gasteiger partial charge in [-0.3, -0.25) is 9.59 Å². The van der Waals surface area contributed by atoms with E-state index in [0.717, 1.165) is 31.2 Å². The fourth-order valence-electron chi connectivity index (χ4n) is 12.2. The summed E-state index contributed by atoms with van der Waals surface area (Å²) in [5, 5.41) is 59.2. The highest BCUT2D eigenvalue weighted by Gasteiger charge is 2.71. The molecule has 0 radical (unpaired) electrons. The number of fused-ring (bicyclic) bond motifs is 5. The third-order valence-electron chi connectivity index (χ3n) is 15.7. The largest absolute Gasteiger partial charge is 0.497 e. The Bertz CT molecular complexity index is 2040. The van der Waals surface area contributed by atoms with E-state index >= 15 is 0 Å². The van der Waals surface area contributed by atoms with Gasteiger partial charge < -0.3 is 58.7 Å². The SMILES string of the molecule is COc1ccc(C(=O)O[C@H]2[C@H](O[C@@H]3[C@@H](OC(C)=O)[C@H](O[C@H]4C[C@H]5[C@@H]6CC=C7C[C@@H](O)CC[C@]7(C)[C@H]6CC[C@]5(C)[C@@]4(O)[C@H](C)C(=O)c4cc(C)cs4)OC[C@@H]3O)OC[C@@H](O)[C@@H]2O)cc1. The molecule has 1 aromatic carbocycles. The molecule has 0 spiro atoms. The maximum Gasteiger partial charge on any atom is 0.338 e. The number of rotatable bonds is 11. The normalized spacial score (nSPS) is 41.6. The molecule has 2 aromatic rings. The van der Waals surface area contributed by atoms with Crippen LogP contribution in [0.1, 0.15) is 98.2 Å². The summed E-state index contributed by atoms with van der Waals surface area (Å²) in [5.41, 5.74) is -0.291. The van der Waals surface area contributed by atoms with Crippen LogP contribution in [0.4, 0.5) is 0 Å². The number of aliphatic hydroxyl groups excluding tert-OH is 4. The Morgan fingerprint density at radius 1 is 0.889 bits per heavy atom. The third kappa shape index (κ3) is 8.20. The highest BCUT2D eigenvalue weighted by molar-refractivity contribution is 7.12. The number of allylic oxidation sites excluding steroid dienone is 1. The molecule has 2 saturated heterocycles. The second kappa shape index (κ2) is 17.8. The average molecular weight is 899 g/mol. The van der Waals surface area contributed by atoms with E-state index in [0.29, 0.717) is 35.8 Å². The Hall–Kier alpha value is -3.29. The monoisotopic (exact) mass is 898 g/mol. The van der Waals surface area contributed by atoms with Gasteiger partial charge in [-0.1, -0.05) is 32.4 Å². The highest BCUT2D eigenvalue weighted by Crippen LogP contribution is 2.69. The third-order valence-corrected chi connectivity index (χ3v) is 16.7. The van der Waals surface area contributed by atoms with Crippen molar-refractivity contribution in [2.24, 2.45) is 34.5 Å². The topological polar surface area (TPSA) is 217 Å². The first-order chi connectivity index (χ1) is 29.9. The summed E-state index contributed by atoms with van der Waals surface area (Å²) in [5.74, 6) is -1.92. The Morgan fingerprint density at radius 3 is 2.25 bits per heavy atom. The van der Waals surface area contributed by atoms with Gasteiger partial charge in [0.1, 0.15) is 35.8 Å². The lowest BCUT2D eigenvalue weighted by Gasteiger charge is -2.59. The predicted molar refractivity (Wildman–Crippen MR) is 226 cm³/mol. The van der Waals surface area contributed by atoms with Crippen LogP contribution in [0.15, 0.2) is 47.4 Å². The molecule has 0 unspecified atom stereocenters. The van der Waals surface area contributed by atoms with Crippen LogP contribution in [0.25, 0.3) is 0 Å². The van der Waals surface area contributed by atoms with Gasteiger partial charge in [-0.25, -0.2) is 4.79 Å². The van der Waals surface area contributed by atoms with Gasteiger partial charge in [0.25, 0.3) is 0 Å². The van der Waals surface area contributed by atoms with Gasteiger partial charge in [-0.2, -0.15) is 0 Å². The standard InChI is InChI=1S/C47H62O15S/c1-23-17-35(63-22-23)37(52)24(2)47(55)36(19-32-30-12-9-27-18-28(49)13-15-45(27,4)31(30)14-16-46(32,47)5)60-44-41(59-25(3)48)39(34(51)21-58-44)62-43-40(38(53)33(50)20-57-43)61-42(54)26-7-10-29(56-6)11-8-26/h7-11,17,22,24,28,30-34,36,38-41,43-44,49-51,53,55H,12-16,18-21H2,1-6H3/t24-,28+,30-,31+,32+,33-,34+,36+,38+,39+,40-,41-,43+,44+,45+,46+,47-/m1/s1. The molecule has 15 nitrogen and oxygen atoms in total. The number of benzene rings is 1. The fraction of sp³-hybridized carbons (Fsp3) is 0.681. The average Bonchev–Trinajstić information content (AvgIpc) is 3.79. The lowest BCUT2D eigenvalue weighted by atomic mass is 9.46. The first kappa shape index (κ1) is 46.2. The van der Waals surface area contributed by atoms with E-state index in [1.807, 2.05) is 18.4 Å². The number of ketones is 1. The quantitative estimate of drug-likeness (QED) is 0.121. The van der Waals surface area contributed by atoms with Crippen LogP contribution >= 0.6 is 11.3 Å². The molecule has 3 heterocycles. The molecule has 4 aliphatic carbocycles.